The highest BCUT2D eigenvalue weighted by Crippen LogP contribution is 2.18. The fourth-order valence-electron chi connectivity index (χ4n) is 2.79. The highest BCUT2D eigenvalue weighted by atomic mass is 16.1. The van der Waals surface area contributed by atoms with Crippen molar-refractivity contribution in [2.24, 2.45) is 17.6 Å². The van der Waals surface area contributed by atoms with Crippen molar-refractivity contribution in [2.75, 3.05) is 19.6 Å². The summed E-state index contributed by atoms with van der Waals surface area (Å²) in [5.41, 5.74) is 5.73. The van der Waals surface area contributed by atoms with Crippen molar-refractivity contribution in [3.8, 4) is 0 Å². The summed E-state index contributed by atoms with van der Waals surface area (Å²) >= 11 is 0. The molecule has 4 heteroatoms. The first-order valence-electron chi connectivity index (χ1n) is 8.17. The van der Waals surface area contributed by atoms with Gasteiger partial charge in [-0.05, 0) is 52.5 Å². The van der Waals surface area contributed by atoms with Gasteiger partial charge in [0, 0.05) is 31.1 Å². The summed E-state index contributed by atoms with van der Waals surface area (Å²) in [6, 6.07) is 0.860. The first-order valence-corrected chi connectivity index (χ1v) is 8.17. The van der Waals surface area contributed by atoms with Gasteiger partial charge < -0.3 is 16.0 Å². The molecule has 0 aromatic carbocycles. The standard InChI is InChI=1S/C16H33N3O/c1-12(2)19-9-8-15(11-19)10-18-16(20)13(3)6-5-7-14(4)17/h12-15H,5-11,17H2,1-4H3,(H,18,20). The summed E-state index contributed by atoms with van der Waals surface area (Å²) in [5, 5.41) is 3.13. The molecule has 4 nitrogen and oxygen atoms in total. The third-order valence-electron chi connectivity index (χ3n) is 4.36. The fraction of sp³-hybridized carbons (Fsp3) is 0.938. The van der Waals surface area contributed by atoms with E-state index in [4.69, 9.17) is 5.73 Å². The Bertz CT molecular complexity index is 291. The van der Waals surface area contributed by atoms with Crippen molar-refractivity contribution >= 4 is 5.91 Å². The minimum absolute atomic E-state index is 0.108. The lowest BCUT2D eigenvalue weighted by Gasteiger charge is -2.20. The summed E-state index contributed by atoms with van der Waals surface area (Å²) in [6.45, 7) is 11.6. The van der Waals surface area contributed by atoms with Crippen molar-refractivity contribution < 1.29 is 4.79 Å². The zero-order valence-electron chi connectivity index (χ0n) is 13.7. The Morgan fingerprint density at radius 3 is 2.55 bits per heavy atom. The highest BCUT2D eigenvalue weighted by molar-refractivity contribution is 5.78. The molecule has 0 radical (unpaired) electrons. The first-order chi connectivity index (χ1) is 9.40. The Labute approximate surface area is 124 Å². The maximum absolute atomic E-state index is 12.0. The normalized spacial score (nSPS) is 23.0. The molecule has 1 saturated heterocycles. The molecule has 0 spiro atoms. The van der Waals surface area contributed by atoms with E-state index < -0.39 is 0 Å². The van der Waals surface area contributed by atoms with Gasteiger partial charge in [0.1, 0.15) is 0 Å². The number of hydrogen-bond acceptors (Lipinski definition) is 3. The van der Waals surface area contributed by atoms with Crippen LogP contribution in [0.2, 0.25) is 0 Å². The smallest absolute Gasteiger partial charge is 0.222 e. The zero-order valence-corrected chi connectivity index (χ0v) is 13.7. The quantitative estimate of drug-likeness (QED) is 0.716. The van der Waals surface area contributed by atoms with Crippen LogP contribution in [0.5, 0.6) is 0 Å². The molecule has 0 bridgehead atoms. The van der Waals surface area contributed by atoms with E-state index in [0.717, 1.165) is 32.4 Å². The zero-order chi connectivity index (χ0) is 15.1. The minimum Gasteiger partial charge on any atom is -0.356 e. The predicted octanol–water partition coefficient (Wildman–Crippen LogP) is 1.99. The van der Waals surface area contributed by atoms with E-state index in [1.54, 1.807) is 0 Å². The van der Waals surface area contributed by atoms with E-state index >= 15 is 0 Å². The largest absolute Gasteiger partial charge is 0.356 e. The molecule has 3 atom stereocenters. The van der Waals surface area contributed by atoms with E-state index in [-0.39, 0.29) is 17.9 Å². The van der Waals surface area contributed by atoms with E-state index in [9.17, 15) is 4.79 Å². The van der Waals surface area contributed by atoms with Gasteiger partial charge in [0.15, 0.2) is 0 Å². The summed E-state index contributed by atoms with van der Waals surface area (Å²) < 4.78 is 0. The summed E-state index contributed by atoms with van der Waals surface area (Å²) in [7, 11) is 0. The van der Waals surface area contributed by atoms with Gasteiger partial charge in [-0.15, -0.1) is 0 Å². The number of amides is 1. The molecule has 3 N–H and O–H groups in total. The number of rotatable bonds is 8. The van der Waals surface area contributed by atoms with E-state index in [0.29, 0.717) is 12.0 Å². The van der Waals surface area contributed by atoms with Crippen LogP contribution in [0.15, 0.2) is 0 Å². The highest BCUT2D eigenvalue weighted by Gasteiger charge is 2.24. The van der Waals surface area contributed by atoms with Crippen LogP contribution in [0, 0.1) is 11.8 Å². The number of carbonyl (C=O) groups excluding carboxylic acids is 1. The van der Waals surface area contributed by atoms with Gasteiger partial charge in [0.2, 0.25) is 5.91 Å². The summed E-state index contributed by atoms with van der Waals surface area (Å²) in [5.74, 6) is 0.937. The first kappa shape index (κ1) is 17.4. The van der Waals surface area contributed by atoms with Crippen LogP contribution in [-0.4, -0.2) is 42.5 Å². The van der Waals surface area contributed by atoms with Gasteiger partial charge in [-0.3, -0.25) is 4.79 Å². The molecule has 1 rings (SSSR count). The van der Waals surface area contributed by atoms with Gasteiger partial charge in [-0.2, -0.15) is 0 Å². The monoisotopic (exact) mass is 283 g/mol. The molecule has 118 valence electrons. The number of nitrogens with two attached hydrogens (primary N) is 1. The second-order valence-electron chi connectivity index (χ2n) is 6.80. The van der Waals surface area contributed by atoms with Crippen molar-refractivity contribution in [1.29, 1.82) is 0 Å². The van der Waals surface area contributed by atoms with Gasteiger partial charge in [-0.25, -0.2) is 0 Å². The topological polar surface area (TPSA) is 58.4 Å². The maximum Gasteiger partial charge on any atom is 0.222 e. The molecule has 0 aromatic heterocycles. The molecule has 1 aliphatic heterocycles. The van der Waals surface area contributed by atoms with E-state index in [1.807, 2.05) is 13.8 Å². The molecule has 1 fully saturated rings. The second kappa shape index (κ2) is 8.63. The number of carbonyl (C=O) groups is 1. The Morgan fingerprint density at radius 1 is 1.30 bits per heavy atom. The second-order valence-corrected chi connectivity index (χ2v) is 6.80. The van der Waals surface area contributed by atoms with Gasteiger partial charge in [0.05, 0.1) is 0 Å². The molecule has 0 aromatic rings. The third-order valence-corrected chi connectivity index (χ3v) is 4.36. The lowest BCUT2D eigenvalue weighted by atomic mass is 10.0. The Morgan fingerprint density at radius 2 is 2.00 bits per heavy atom. The van der Waals surface area contributed by atoms with Gasteiger partial charge >= 0.3 is 0 Å². The molecule has 3 unspecified atom stereocenters. The number of nitrogens with one attached hydrogen (secondary N) is 1. The summed E-state index contributed by atoms with van der Waals surface area (Å²) in [6.07, 6.45) is 4.19. The molecular weight excluding hydrogens is 250 g/mol. The molecular formula is C16H33N3O. The fourth-order valence-corrected chi connectivity index (χ4v) is 2.79. The van der Waals surface area contributed by atoms with Crippen molar-refractivity contribution in [2.45, 2.75) is 65.5 Å². The maximum atomic E-state index is 12.0. The van der Waals surface area contributed by atoms with E-state index in [2.05, 4.69) is 24.1 Å². The average Bonchev–Trinajstić information content (AvgIpc) is 2.84. The molecule has 20 heavy (non-hydrogen) atoms. The van der Waals surface area contributed by atoms with Crippen LogP contribution in [0.1, 0.15) is 53.4 Å². The van der Waals surface area contributed by atoms with Crippen molar-refractivity contribution in [3.05, 3.63) is 0 Å². The molecule has 0 saturated carbocycles. The van der Waals surface area contributed by atoms with Gasteiger partial charge in [-0.1, -0.05) is 13.3 Å². The SMILES string of the molecule is CC(N)CCCC(C)C(=O)NCC1CCN(C(C)C)C1. The third kappa shape index (κ3) is 6.23. The molecule has 1 amide bonds. The van der Waals surface area contributed by atoms with Crippen LogP contribution in [-0.2, 0) is 4.79 Å². The van der Waals surface area contributed by atoms with Crippen LogP contribution in [0.3, 0.4) is 0 Å². The van der Waals surface area contributed by atoms with Crippen LogP contribution in [0.25, 0.3) is 0 Å². The molecule has 0 aliphatic carbocycles. The predicted molar refractivity (Wildman–Crippen MR) is 84.5 cm³/mol. The van der Waals surface area contributed by atoms with Crippen LogP contribution >= 0.6 is 0 Å². The lowest BCUT2D eigenvalue weighted by Crippen LogP contribution is -2.35. The van der Waals surface area contributed by atoms with Crippen LogP contribution < -0.4 is 11.1 Å². The average molecular weight is 283 g/mol. The molecule has 1 aliphatic rings. The lowest BCUT2D eigenvalue weighted by molar-refractivity contribution is -0.124. The van der Waals surface area contributed by atoms with Crippen molar-refractivity contribution in [3.63, 3.8) is 0 Å². The minimum atomic E-state index is 0.108. The number of nitrogens with zero attached hydrogens (tertiary/aromatic N) is 1. The Kier molecular flexibility index (Phi) is 7.52. The molecule has 1 heterocycles. The van der Waals surface area contributed by atoms with Crippen LogP contribution in [0.4, 0.5) is 0 Å². The summed E-state index contributed by atoms with van der Waals surface area (Å²) in [4.78, 5) is 14.5. The van der Waals surface area contributed by atoms with E-state index in [1.165, 1.54) is 13.0 Å². The number of likely N-dealkylation sites (tertiary alicyclic amines) is 1. The Balaban J connectivity index is 2.16. The Hall–Kier alpha value is -0.610. The van der Waals surface area contributed by atoms with Crippen molar-refractivity contribution in [1.82, 2.24) is 10.2 Å². The number of hydrogen-bond donors (Lipinski definition) is 2. The van der Waals surface area contributed by atoms with Gasteiger partial charge in [0.25, 0.3) is 0 Å².